The van der Waals surface area contributed by atoms with Gasteiger partial charge in [-0.3, -0.25) is 9.78 Å². The minimum atomic E-state index is -0.223. The van der Waals surface area contributed by atoms with E-state index in [0.29, 0.717) is 31.2 Å². The Kier molecular flexibility index (Phi) is 4.51. The normalized spacial score (nSPS) is 15.2. The van der Waals surface area contributed by atoms with E-state index in [4.69, 9.17) is 28.2 Å². The van der Waals surface area contributed by atoms with E-state index in [1.165, 1.54) is 11.8 Å². The third-order valence-electron chi connectivity index (χ3n) is 3.52. The van der Waals surface area contributed by atoms with Gasteiger partial charge in [0.2, 0.25) is 0 Å². The van der Waals surface area contributed by atoms with Crippen LogP contribution in [0.4, 0.5) is 0 Å². The van der Waals surface area contributed by atoms with Crippen LogP contribution in [0.5, 0.6) is 0 Å². The number of thioether (sulfide) groups is 1. The van der Waals surface area contributed by atoms with E-state index >= 15 is 0 Å². The van der Waals surface area contributed by atoms with Crippen molar-refractivity contribution in [2.24, 2.45) is 0 Å². The first-order chi connectivity index (χ1) is 12.6. The van der Waals surface area contributed by atoms with Crippen LogP contribution in [0.3, 0.4) is 0 Å². The maximum atomic E-state index is 11.8. The lowest BCUT2D eigenvalue weighted by molar-refractivity contribution is -0.115. The van der Waals surface area contributed by atoms with Gasteiger partial charge in [-0.2, -0.15) is 0 Å². The minimum absolute atomic E-state index is 0.223. The molecule has 1 aliphatic heterocycles. The molecule has 1 amide bonds. The molecule has 0 aliphatic carbocycles. The number of nitrogens with zero attached hydrogens (tertiary/aromatic N) is 1. The van der Waals surface area contributed by atoms with Crippen LogP contribution in [0.1, 0.15) is 16.9 Å². The molecule has 1 fully saturated rings. The molecular formula is C19H9ClN2O2S2. The van der Waals surface area contributed by atoms with Crippen LogP contribution < -0.4 is 5.32 Å². The Labute approximate surface area is 163 Å². The maximum Gasteiger partial charge on any atom is 0.263 e. The third kappa shape index (κ3) is 3.51. The van der Waals surface area contributed by atoms with E-state index in [1.807, 2.05) is 18.2 Å². The minimum Gasteiger partial charge on any atom is -0.455 e. The van der Waals surface area contributed by atoms with Gasteiger partial charge in [0.1, 0.15) is 10.1 Å². The number of benzene rings is 1. The molecule has 1 saturated heterocycles. The first-order valence-electron chi connectivity index (χ1n) is 7.48. The number of carbonyl (C=O) groups excluding carboxylic acids is 1. The zero-order chi connectivity index (χ0) is 18.1. The average molecular weight is 397 g/mol. The average Bonchev–Trinajstić information content (AvgIpc) is 3.15. The van der Waals surface area contributed by atoms with Crippen molar-refractivity contribution in [2.75, 3.05) is 0 Å². The van der Waals surface area contributed by atoms with Gasteiger partial charge in [-0.1, -0.05) is 53.5 Å². The highest BCUT2D eigenvalue weighted by Crippen LogP contribution is 2.29. The Morgan fingerprint density at radius 3 is 2.92 bits per heavy atom. The first kappa shape index (κ1) is 16.9. The lowest BCUT2D eigenvalue weighted by Crippen LogP contribution is -2.17. The number of aromatic nitrogens is 1. The number of rotatable bonds is 1. The van der Waals surface area contributed by atoms with Crippen molar-refractivity contribution < 1.29 is 9.21 Å². The summed E-state index contributed by atoms with van der Waals surface area (Å²) in [5.41, 5.74) is 2.08. The van der Waals surface area contributed by atoms with Gasteiger partial charge in [0.15, 0.2) is 5.58 Å². The van der Waals surface area contributed by atoms with E-state index in [-0.39, 0.29) is 5.91 Å². The highest BCUT2D eigenvalue weighted by atomic mass is 35.5. The molecule has 2 aromatic heterocycles. The summed E-state index contributed by atoms with van der Waals surface area (Å²) >= 11 is 12.2. The summed E-state index contributed by atoms with van der Waals surface area (Å²) in [6, 6.07) is 9.12. The Morgan fingerprint density at radius 2 is 2.15 bits per heavy atom. The van der Waals surface area contributed by atoms with Crippen LogP contribution in [-0.4, -0.2) is 15.2 Å². The molecule has 26 heavy (non-hydrogen) atoms. The molecule has 3 aromatic rings. The van der Waals surface area contributed by atoms with Crippen LogP contribution in [0.15, 0.2) is 52.0 Å². The van der Waals surface area contributed by atoms with E-state index in [9.17, 15) is 4.79 Å². The molecule has 1 N–H and O–H groups in total. The zero-order valence-corrected chi connectivity index (χ0v) is 15.5. The second-order valence-electron chi connectivity index (χ2n) is 5.37. The van der Waals surface area contributed by atoms with Crippen molar-refractivity contribution in [1.82, 2.24) is 10.3 Å². The summed E-state index contributed by atoms with van der Waals surface area (Å²) in [5, 5.41) is 4.01. The summed E-state index contributed by atoms with van der Waals surface area (Å²) in [7, 11) is 0. The third-order valence-corrected chi connectivity index (χ3v) is 4.92. The maximum absolute atomic E-state index is 11.8. The molecule has 1 aromatic carbocycles. The second-order valence-corrected chi connectivity index (χ2v) is 7.52. The molecule has 1 aliphatic rings. The summed E-state index contributed by atoms with van der Waals surface area (Å²) in [6.07, 6.45) is 5.00. The monoisotopic (exact) mass is 396 g/mol. The molecule has 0 unspecified atom stereocenters. The van der Waals surface area contributed by atoms with Crippen molar-refractivity contribution >= 4 is 62.9 Å². The van der Waals surface area contributed by atoms with Gasteiger partial charge in [0, 0.05) is 34.4 Å². The number of carbonyl (C=O) groups is 1. The lowest BCUT2D eigenvalue weighted by Gasteiger charge is -1.93. The van der Waals surface area contributed by atoms with Crippen molar-refractivity contribution in [3.63, 3.8) is 0 Å². The van der Waals surface area contributed by atoms with Crippen molar-refractivity contribution in [2.45, 2.75) is 0 Å². The van der Waals surface area contributed by atoms with E-state index < -0.39 is 0 Å². The highest BCUT2D eigenvalue weighted by molar-refractivity contribution is 8.26. The molecule has 0 atom stereocenters. The van der Waals surface area contributed by atoms with E-state index in [1.54, 1.807) is 30.6 Å². The molecule has 126 valence electrons. The molecule has 0 radical (unpaired) electrons. The van der Waals surface area contributed by atoms with Crippen LogP contribution >= 0.6 is 35.6 Å². The van der Waals surface area contributed by atoms with Gasteiger partial charge in [-0.25, -0.2) is 0 Å². The number of nitrogens with one attached hydrogen (secondary N) is 1. The summed E-state index contributed by atoms with van der Waals surface area (Å²) in [6.45, 7) is 0. The summed E-state index contributed by atoms with van der Waals surface area (Å²) in [4.78, 5) is 16.5. The van der Waals surface area contributed by atoms with Crippen LogP contribution in [0, 0.1) is 11.8 Å². The molecule has 3 heterocycles. The Bertz CT molecular complexity index is 1160. The Balaban J connectivity index is 1.72. The van der Waals surface area contributed by atoms with Crippen molar-refractivity contribution in [3.05, 3.63) is 69.5 Å². The zero-order valence-electron chi connectivity index (χ0n) is 13.1. The number of fused-ring (bicyclic) bond motifs is 1. The predicted octanol–water partition coefficient (Wildman–Crippen LogP) is 4.37. The molecule has 0 saturated carbocycles. The highest BCUT2D eigenvalue weighted by Gasteiger charge is 2.22. The SMILES string of the molecule is O=C1NC(=S)S/C1=C/c1cc2cncc(C#Cc3cccc(Cl)c3)c2o1. The number of thiocarbonyl (C=S) groups is 1. The van der Waals surface area contributed by atoms with Crippen molar-refractivity contribution in [1.29, 1.82) is 0 Å². The summed E-state index contributed by atoms with van der Waals surface area (Å²) in [5.74, 6) is 6.44. The number of pyridine rings is 1. The predicted molar refractivity (Wildman–Crippen MR) is 108 cm³/mol. The molecule has 0 bridgehead atoms. The van der Waals surface area contributed by atoms with Gasteiger partial charge in [0.25, 0.3) is 5.91 Å². The Morgan fingerprint density at radius 1 is 1.27 bits per heavy atom. The second kappa shape index (κ2) is 6.96. The van der Waals surface area contributed by atoms with Crippen LogP contribution in [0.2, 0.25) is 5.02 Å². The molecular weight excluding hydrogens is 388 g/mol. The van der Waals surface area contributed by atoms with E-state index in [0.717, 1.165) is 10.9 Å². The molecule has 0 spiro atoms. The van der Waals surface area contributed by atoms with Crippen molar-refractivity contribution in [3.8, 4) is 11.8 Å². The largest absolute Gasteiger partial charge is 0.455 e. The first-order valence-corrected chi connectivity index (χ1v) is 9.09. The molecule has 4 nitrogen and oxygen atoms in total. The molecule has 4 rings (SSSR count). The van der Waals surface area contributed by atoms with Gasteiger partial charge in [0.05, 0.1) is 10.5 Å². The number of hydrogen-bond donors (Lipinski definition) is 1. The number of amides is 1. The smallest absolute Gasteiger partial charge is 0.263 e. The number of hydrogen-bond acceptors (Lipinski definition) is 5. The Hall–Kier alpha value is -2.59. The van der Waals surface area contributed by atoms with Gasteiger partial charge < -0.3 is 9.73 Å². The summed E-state index contributed by atoms with van der Waals surface area (Å²) < 4.78 is 6.31. The van der Waals surface area contributed by atoms with Gasteiger partial charge in [-0.05, 0) is 24.3 Å². The number of halogens is 1. The topological polar surface area (TPSA) is 55.1 Å². The van der Waals surface area contributed by atoms with Crippen LogP contribution in [-0.2, 0) is 4.79 Å². The fraction of sp³-hybridized carbons (Fsp3) is 0. The quantitative estimate of drug-likeness (QED) is 0.376. The lowest BCUT2D eigenvalue weighted by atomic mass is 10.2. The van der Waals surface area contributed by atoms with E-state index in [2.05, 4.69) is 22.1 Å². The fourth-order valence-electron chi connectivity index (χ4n) is 2.40. The standard InChI is InChI=1S/C19H9ClN2O2S2/c20-14-3-1-2-11(6-14)4-5-12-9-21-10-13-7-15(24-17(12)13)8-16-18(23)22-19(25)26-16/h1-3,6-10H,(H,22,23,25)/b16-8+. The van der Waals surface area contributed by atoms with Gasteiger partial charge >= 0.3 is 0 Å². The molecule has 7 heteroatoms. The fourth-order valence-corrected chi connectivity index (χ4v) is 3.61. The number of furan rings is 1. The van der Waals surface area contributed by atoms with Crippen LogP contribution in [0.25, 0.3) is 17.0 Å². The van der Waals surface area contributed by atoms with Gasteiger partial charge in [-0.15, -0.1) is 0 Å².